The lowest BCUT2D eigenvalue weighted by Crippen LogP contribution is -1.84. The Balaban J connectivity index is 2.11. The Labute approximate surface area is 103 Å². The van der Waals surface area contributed by atoms with E-state index in [0.29, 0.717) is 4.34 Å². The average molecular weight is 274 g/mol. The molecule has 6 nitrogen and oxygen atoms in total. The highest BCUT2D eigenvalue weighted by atomic mass is 32.2. The highest BCUT2D eigenvalue weighted by Crippen LogP contribution is 2.34. The highest BCUT2D eigenvalue weighted by molar-refractivity contribution is 8.02. The van der Waals surface area contributed by atoms with Crippen molar-refractivity contribution in [2.45, 2.75) is 22.0 Å². The molecule has 0 unspecified atom stereocenters. The first-order chi connectivity index (χ1) is 7.69. The molecule has 0 aliphatic rings. The summed E-state index contributed by atoms with van der Waals surface area (Å²) in [6.07, 6.45) is 2.75. The van der Waals surface area contributed by atoms with Crippen molar-refractivity contribution in [2.24, 2.45) is 0 Å². The molecule has 0 saturated heterocycles. The van der Waals surface area contributed by atoms with Crippen molar-refractivity contribution in [3.05, 3.63) is 21.2 Å². The molecular weight excluding hydrogens is 268 g/mol. The summed E-state index contributed by atoms with van der Waals surface area (Å²) in [5.41, 5.74) is 0. The van der Waals surface area contributed by atoms with E-state index in [9.17, 15) is 10.1 Å². The zero-order valence-corrected chi connectivity index (χ0v) is 10.6. The molecule has 0 saturated carbocycles. The van der Waals surface area contributed by atoms with Crippen LogP contribution in [0, 0.1) is 10.1 Å². The summed E-state index contributed by atoms with van der Waals surface area (Å²) in [6.45, 7) is 2.05. The van der Waals surface area contributed by atoms with Gasteiger partial charge in [-0.05, 0) is 39.5 Å². The van der Waals surface area contributed by atoms with Crippen molar-refractivity contribution in [1.82, 2.24) is 15.2 Å². The van der Waals surface area contributed by atoms with Gasteiger partial charge in [0, 0.05) is 11.1 Å². The predicted octanol–water partition coefficient (Wildman–Crippen LogP) is 2.62. The van der Waals surface area contributed by atoms with Gasteiger partial charge in [-0.25, -0.2) is 4.98 Å². The van der Waals surface area contributed by atoms with E-state index >= 15 is 0 Å². The molecule has 2 aromatic rings. The molecule has 0 fully saturated rings. The molecule has 0 amide bonds. The standard InChI is InChI=1S/C7H6N4O2S3/c1-2-4-3-8-6(14-4)16-7-10-9-5(15-7)11(12)13/h3H,2H2,1H3. The molecule has 2 aromatic heterocycles. The topological polar surface area (TPSA) is 81.8 Å². The van der Waals surface area contributed by atoms with Crippen LogP contribution in [-0.2, 0) is 6.42 Å². The van der Waals surface area contributed by atoms with E-state index in [-0.39, 0.29) is 5.13 Å². The predicted molar refractivity (Wildman–Crippen MR) is 62.2 cm³/mol. The summed E-state index contributed by atoms with van der Waals surface area (Å²) in [6, 6.07) is 0. The van der Waals surface area contributed by atoms with Crippen LogP contribution in [-0.4, -0.2) is 20.1 Å². The Morgan fingerprint density at radius 1 is 1.44 bits per heavy atom. The largest absolute Gasteiger partial charge is 0.451 e. The molecule has 0 bridgehead atoms. The van der Waals surface area contributed by atoms with Crippen molar-refractivity contribution in [2.75, 3.05) is 0 Å². The summed E-state index contributed by atoms with van der Waals surface area (Å²) in [7, 11) is 0. The molecule has 0 N–H and O–H groups in total. The Bertz CT molecular complexity index is 509. The van der Waals surface area contributed by atoms with Crippen molar-refractivity contribution < 1.29 is 4.92 Å². The molecule has 2 rings (SSSR count). The number of rotatable bonds is 4. The number of thiazole rings is 1. The third kappa shape index (κ3) is 2.54. The number of hydrogen-bond donors (Lipinski definition) is 0. The quantitative estimate of drug-likeness (QED) is 0.629. The van der Waals surface area contributed by atoms with E-state index < -0.39 is 4.92 Å². The van der Waals surface area contributed by atoms with E-state index in [1.165, 1.54) is 16.6 Å². The fourth-order valence-corrected chi connectivity index (χ4v) is 3.71. The van der Waals surface area contributed by atoms with Gasteiger partial charge >= 0.3 is 5.13 Å². The van der Waals surface area contributed by atoms with Gasteiger partial charge in [0.25, 0.3) is 0 Å². The highest BCUT2D eigenvalue weighted by Gasteiger charge is 2.17. The van der Waals surface area contributed by atoms with Crippen molar-refractivity contribution in [3.63, 3.8) is 0 Å². The molecule has 0 spiro atoms. The van der Waals surface area contributed by atoms with Gasteiger partial charge in [-0.2, -0.15) is 0 Å². The van der Waals surface area contributed by atoms with E-state index in [0.717, 1.165) is 22.1 Å². The number of aromatic nitrogens is 3. The lowest BCUT2D eigenvalue weighted by atomic mass is 10.4. The van der Waals surface area contributed by atoms with Crippen LogP contribution in [0.4, 0.5) is 5.13 Å². The van der Waals surface area contributed by atoms with Gasteiger partial charge in [0.1, 0.15) is 0 Å². The Kier molecular flexibility index (Phi) is 3.46. The lowest BCUT2D eigenvalue weighted by Gasteiger charge is -1.86. The maximum Gasteiger partial charge on any atom is 0.451 e. The summed E-state index contributed by atoms with van der Waals surface area (Å²) >= 11 is 3.84. The van der Waals surface area contributed by atoms with Crippen molar-refractivity contribution in [3.8, 4) is 0 Å². The van der Waals surface area contributed by atoms with Gasteiger partial charge in [0.2, 0.25) is 4.34 Å². The van der Waals surface area contributed by atoms with Crippen LogP contribution in [0.2, 0.25) is 0 Å². The number of hydrogen-bond acceptors (Lipinski definition) is 8. The minimum atomic E-state index is -0.541. The maximum absolute atomic E-state index is 10.4. The van der Waals surface area contributed by atoms with Gasteiger partial charge in [-0.1, -0.05) is 6.92 Å². The second-order valence-electron chi connectivity index (χ2n) is 2.66. The third-order valence-electron chi connectivity index (χ3n) is 1.61. The molecule has 0 aliphatic heterocycles. The first-order valence-electron chi connectivity index (χ1n) is 4.29. The second kappa shape index (κ2) is 4.85. The number of aryl methyl sites for hydroxylation is 1. The number of nitro groups is 1. The van der Waals surface area contributed by atoms with E-state index in [1.54, 1.807) is 11.3 Å². The fourth-order valence-electron chi connectivity index (χ4n) is 0.892. The third-order valence-corrected chi connectivity index (χ3v) is 4.75. The van der Waals surface area contributed by atoms with Crippen LogP contribution in [0.25, 0.3) is 0 Å². The van der Waals surface area contributed by atoms with E-state index in [4.69, 9.17) is 0 Å². The van der Waals surface area contributed by atoms with Gasteiger partial charge in [-0.3, -0.25) is 0 Å². The monoisotopic (exact) mass is 274 g/mol. The molecule has 84 valence electrons. The summed E-state index contributed by atoms with van der Waals surface area (Å²) in [5.74, 6) is 0. The van der Waals surface area contributed by atoms with Crippen LogP contribution in [0.1, 0.15) is 11.8 Å². The van der Waals surface area contributed by atoms with Crippen LogP contribution in [0.5, 0.6) is 0 Å². The number of nitrogens with zero attached hydrogens (tertiary/aromatic N) is 4. The summed E-state index contributed by atoms with van der Waals surface area (Å²) < 4.78 is 1.38. The van der Waals surface area contributed by atoms with Crippen molar-refractivity contribution >= 4 is 39.6 Å². The average Bonchev–Trinajstić information content (AvgIpc) is 2.87. The molecule has 9 heteroatoms. The Morgan fingerprint density at radius 2 is 2.25 bits per heavy atom. The van der Waals surface area contributed by atoms with Gasteiger partial charge < -0.3 is 10.1 Å². The summed E-state index contributed by atoms with van der Waals surface area (Å²) in [5, 5.41) is 17.4. The van der Waals surface area contributed by atoms with Crippen LogP contribution >= 0.6 is 34.4 Å². The van der Waals surface area contributed by atoms with Crippen LogP contribution in [0.15, 0.2) is 14.9 Å². The smallest absolute Gasteiger partial charge is 0.357 e. The SMILES string of the molecule is CCc1cnc(Sc2nnc([N+](=O)[O-])s2)s1. The minimum absolute atomic E-state index is 0.185. The van der Waals surface area contributed by atoms with Crippen LogP contribution in [0.3, 0.4) is 0 Å². The molecular formula is C7H6N4O2S3. The van der Waals surface area contributed by atoms with E-state index in [2.05, 4.69) is 22.1 Å². The zero-order chi connectivity index (χ0) is 11.5. The summed E-state index contributed by atoms with van der Waals surface area (Å²) in [4.78, 5) is 15.2. The first-order valence-corrected chi connectivity index (χ1v) is 6.74. The van der Waals surface area contributed by atoms with Gasteiger partial charge in [0.15, 0.2) is 4.34 Å². The Hall–Kier alpha value is -1.06. The molecule has 0 radical (unpaired) electrons. The molecule has 0 aromatic carbocycles. The Morgan fingerprint density at radius 3 is 2.81 bits per heavy atom. The first kappa shape index (κ1) is 11.4. The molecule has 2 heterocycles. The van der Waals surface area contributed by atoms with Gasteiger partial charge in [0.05, 0.1) is 5.10 Å². The van der Waals surface area contributed by atoms with Gasteiger partial charge in [-0.15, -0.1) is 11.3 Å². The fraction of sp³-hybridized carbons (Fsp3) is 0.286. The van der Waals surface area contributed by atoms with E-state index in [1.807, 2.05) is 6.20 Å². The maximum atomic E-state index is 10.4. The molecule has 16 heavy (non-hydrogen) atoms. The minimum Gasteiger partial charge on any atom is -0.357 e. The second-order valence-corrected chi connectivity index (χ2v) is 6.22. The normalized spacial score (nSPS) is 10.6. The van der Waals surface area contributed by atoms with Crippen molar-refractivity contribution in [1.29, 1.82) is 0 Å². The molecule has 0 aliphatic carbocycles. The molecule has 0 atom stereocenters. The van der Waals surface area contributed by atoms with Crippen LogP contribution < -0.4 is 0 Å². The zero-order valence-electron chi connectivity index (χ0n) is 8.11. The lowest BCUT2D eigenvalue weighted by molar-refractivity contribution is -0.385.